The molecule has 1 amide bonds. The maximum atomic E-state index is 12.4. The fraction of sp³-hybridized carbons (Fsp3) is 0.733. The zero-order chi connectivity index (χ0) is 16.1. The Labute approximate surface area is 129 Å². The minimum atomic E-state index is -0.889. The Balaban J connectivity index is 1.63. The van der Waals surface area contributed by atoms with E-state index < -0.39 is 23.2 Å². The van der Waals surface area contributed by atoms with E-state index in [1.165, 1.54) is 0 Å². The predicted molar refractivity (Wildman–Crippen MR) is 78.0 cm³/mol. The van der Waals surface area contributed by atoms with Crippen LogP contribution in [-0.4, -0.2) is 37.8 Å². The zero-order valence-electron chi connectivity index (χ0n) is 13.2. The Bertz CT molecular complexity index is 622. The summed E-state index contributed by atoms with van der Waals surface area (Å²) in [7, 11) is 0. The molecule has 2 heterocycles. The lowest BCUT2D eigenvalue weighted by atomic mass is 10.1. The predicted octanol–water partition coefficient (Wildman–Crippen LogP) is 0.628. The van der Waals surface area contributed by atoms with E-state index in [1.54, 1.807) is 0 Å². The highest BCUT2D eigenvalue weighted by molar-refractivity contribution is 5.91. The van der Waals surface area contributed by atoms with Crippen LogP contribution in [0.4, 0.5) is 0 Å². The van der Waals surface area contributed by atoms with E-state index in [2.05, 4.69) is 15.4 Å². The lowest BCUT2D eigenvalue weighted by Crippen LogP contribution is -2.42. The van der Waals surface area contributed by atoms with Crippen molar-refractivity contribution in [1.82, 2.24) is 20.1 Å². The molecular formula is C15H22N4O3. The Morgan fingerprint density at radius 1 is 1.41 bits per heavy atom. The maximum absolute atomic E-state index is 12.4. The van der Waals surface area contributed by atoms with E-state index in [0.717, 1.165) is 30.9 Å². The van der Waals surface area contributed by atoms with Gasteiger partial charge >= 0.3 is 5.97 Å². The van der Waals surface area contributed by atoms with Crippen LogP contribution in [-0.2, 0) is 29.0 Å². The summed E-state index contributed by atoms with van der Waals surface area (Å²) in [5.41, 5.74) is -0.460. The standard InChI is InChI=1S/C15H22N4O3/c1-4-9-17-10-6-5-8(7-19(10)18-9)16-13(20)11-12(14(21)22)15(11,2)3/h8,11-12H,4-7H2,1-3H3,(H,16,20)(H,21,22)/t8?,11-,12+/m0/s1. The van der Waals surface area contributed by atoms with Gasteiger partial charge in [-0.1, -0.05) is 20.8 Å². The van der Waals surface area contributed by atoms with Gasteiger partial charge in [0, 0.05) is 18.9 Å². The summed E-state index contributed by atoms with van der Waals surface area (Å²) in [6, 6.07) is -0.00255. The van der Waals surface area contributed by atoms with Crippen LogP contribution >= 0.6 is 0 Å². The number of hydrogen-bond acceptors (Lipinski definition) is 4. The summed E-state index contributed by atoms with van der Waals surface area (Å²) in [5, 5.41) is 16.6. The number of rotatable bonds is 4. The van der Waals surface area contributed by atoms with Crippen LogP contribution in [0.25, 0.3) is 0 Å². The molecule has 0 radical (unpaired) electrons. The largest absolute Gasteiger partial charge is 0.481 e. The molecule has 1 aliphatic heterocycles. The number of aliphatic carboxylic acids is 1. The van der Waals surface area contributed by atoms with Gasteiger partial charge in [-0.2, -0.15) is 5.10 Å². The van der Waals surface area contributed by atoms with E-state index in [9.17, 15) is 14.7 Å². The van der Waals surface area contributed by atoms with E-state index in [-0.39, 0.29) is 11.9 Å². The minimum Gasteiger partial charge on any atom is -0.481 e. The first kappa shape index (κ1) is 15.0. The van der Waals surface area contributed by atoms with Gasteiger partial charge in [0.1, 0.15) is 5.82 Å². The molecule has 2 N–H and O–H groups in total. The highest BCUT2D eigenvalue weighted by Gasteiger charge is 2.66. The number of carbonyl (C=O) groups is 2. The second-order valence-electron chi connectivity index (χ2n) is 6.84. The van der Waals surface area contributed by atoms with Gasteiger partial charge in [0.2, 0.25) is 5.91 Å². The van der Waals surface area contributed by atoms with Gasteiger partial charge in [-0.05, 0) is 11.8 Å². The third-order valence-corrected chi connectivity index (χ3v) is 4.94. The molecule has 1 fully saturated rings. The van der Waals surface area contributed by atoms with E-state index in [1.807, 2.05) is 25.5 Å². The van der Waals surface area contributed by atoms with E-state index in [4.69, 9.17) is 0 Å². The Morgan fingerprint density at radius 2 is 2.14 bits per heavy atom. The van der Waals surface area contributed by atoms with Crippen molar-refractivity contribution in [1.29, 1.82) is 0 Å². The molecular weight excluding hydrogens is 284 g/mol. The number of amides is 1. The molecule has 22 heavy (non-hydrogen) atoms. The number of nitrogens with zero attached hydrogens (tertiary/aromatic N) is 3. The highest BCUT2D eigenvalue weighted by atomic mass is 16.4. The van der Waals surface area contributed by atoms with Gasteiger partial charge in [0.05, 0.1) is 18.4 Å². The van der Waals surface area contributed by atoms with Crippen LogP contribution in [0.15, 0.2) is 0 Å². The number of carboxylic acids is 1. The lowest BCUT2D eigenvalue weighted by Gasteiger charge is -2.23. The topological polar surface area (TPSA) is 97.1 Å². The quantitative estimate of drug-likeness (QED) is 0.850. The molecule has 7 nitrogen and oxygen atoms in total. The first-order valence-electron chi connectivity index (χ1n) is 7.80. The number of aromatic nitrogens is 3. The van der Waals surface area contributed by atoms with Crippen molar-refractivity contribution < 1.29 is 14.7 Å². The molecule has 0 bridgehead atoms. The molecule has 3 rings (SSSR count). The summed E-state index contributed by atoms with van der Waals surface area (Å²) in [5.74, 6) is -0.256. The smallest absolute Gasteiger partial charge is 0.307 e. The summed E-state index contributed by atoms with van der Waals surface area (Å²) in [6.45, 7) is 6.29. The second kappa shape index (κ2) is 5.07. The van der Waals surface area contributed by atoms with Crippen LogP contribution in [0.5, 0.6) is 0 Å². The summed E-state index contributed by atoms with van der Waals surface area (Å²) < 4.78 is 1.86. The molecule has 0 saturated heterocycles. The molecule has 1 unspecified atom stereocenters. The van der Waals surface area contributed by atoms with E-state index >= 15 is 0 Å². The van der Waals surface area contributed by atoms with Gasteiger partial charge < -0.3 is 10.4 Å². The van der Waals surface area contributed by atoms with Gasteiger partial charge in [-0.3, -0.25) is 9.59 Å². The average Bonchev–Trinajstić information content (AvgIpc) is 2.84. The number of carbonyl (C=O) groups excluding carboxylic acids is 1. The van der Waals surface area contributed by atoms with Crippen molar-refractivity contribution in [2.45, 2.75) is 52.6 Å². The molecule has 1 aliphatic carbocycles. The fourth-order valence-corrected chi connectivity index (χ4v) is 3.51. The first-order valence-corrected chi connectivity index (χ1v) is 7.80. The third kappa shape index (κ3) is 2.38. The molecule has 1 saturated carbocycles. The monoisotopic (exact) mass is 306 g/mol. The number of fused-ring (bicyclic) bond motifs is 1. The SMILES string of the molecule is CCc1nc2n(n1)CC(NC(=O)[C@@H]1[C@H](C(=O)O)C1(C)C)CC2. The zero-order valence-corrected chi connectivity index (χ0v) is 13.2. The molecule has 0 spiro atoms. The van der Waals surface area contributed by atoms with Gasteiger partial charge in [-0.15, -0.1) is 0 Å². The number of carboxylic acid groups (broad SMARTS) is 1. The lowest BCUT2D eigenvalue weighted by molar-refractivity contribution is -0.140. The summed E-state index contributed by atoms with van der Waals surface area (Å²) in [6.07, 6.45) is 2.40. The number of hydrogen-bond donors (Lipinski definition) is 2. The van der Waals surface area contributed by atoms with Crippen molar-refractivity contribution in [3.8, 4) is 0 Å². The average molecular weight is 306 g/mol. The van der Waals surface area contributed by atoms with Crippen molar-refractivity contribution in [2.24, 2.45) is 17.3 Å². The van der Waals surface area contributed by atoms with Crippen LogP contribution in [0.1, 0.15) is 38.8 Å². The minimum absolute atomic E-state index is 0.00255. The normalized spacial score (nSPS) is 28.8. The van der Waals surface area contributed by atoms with Crippen molar-refractivity contribution in [3.63, 3.8) is 0 Å². The van der Waals surface area contributed by atoms with Crippen molar-refractivity contribution in [2.75, 3.05) is 0 Å². The van der Waals surface area contributed by atoms with Crippen LogP contribution in [0.3, 0.4) is 0 Å². The molecule has 1 aromatic rings. The fourth-order valence-electron chi connectivity index (χ4n) is 3.51. The molecule has 120 valence electrons. The van der Waals surface area contributed by atoms with Crippen LogP contribution in [0.2, 0.25) is 0 Å². The van der Waals surface area contributed by atoms with Gasteiger partial charge in [0.25, 0.3) is 0 Å². The van der Waals surface area contributed by atoms with Crippen LogP contribution in [0, 0.1) is 17.3 Å². The summed E-state index contributed by atoms with van der Waals surface area (Å²) >= 11 is 0. The Hall–Kier alpha value is -1.92. The Morgan fingerprint density at radius 3 is 2.73 bits per heavy atom. The van der Waals surface area contributed by atoms with Crippen molar-refractivity contribution in [3.05, 3.63) is 11.6 Å². The van der Waals surface area contributed by atoms with Gasteiger partial charge in [0.15, 0.2) is 5.82 Å². The molecule has 1 aromatic heterocycles. The number of nitrogens with one attached hydrogen (secondary N) is 1. The second-order valence-corrected chi connectivity index (χ2v) is 6.84. The molecule has 3 atom stereocenters. The Kier molecular flexibility index (Phi) is 3.45. The molecule has 2 aliphatic rings. The maximum Gasteiger partial charge on any atom is 0.307 e. The van der Waals surface area contributed by atoms with Crippen molar-refractivity contribution >= 4 is 11.9 Å². The third-order valence-electron chi connectivity index (χ3n) is 4.94. The molecule has 7 heteroatoms. The van der Waals surface area contributed by atoms with Crippen LogP contribution < -0.4 is 5.32 Å². The summed E-state index contributed by atoms with van der Waals surface area (Å²) in [4.78, 5) is 28.0. The van der Waals surface area contributed by atoms with E-state index in [0.29, 0.717) is 6.54 Å². The first-order chi connectivity index (χ1) is 10.3. The number of aryl methyl sites for hydroxylation is 2. The molecule has 0 aromatic carbocycles. The van der Waals surface area contributed by atoms with Gasteiger partial charge in [-0.25, -0.2) is 9.67 Å². The highest BCUT2D eigenvalue weighted by Crippen LogP contribution is 2.58.